The number of ether oxygens (including phenoxy) is 1. The lowest BCUT2D eigenvalue weighted by atomic mass is 9.90. The summed E-state index contributed by atoms with van der Waals surface area (Å²) in [6, 6.07) is 4.16. The van der Waals surface area contributed by atoms with Gasteiger partial charge in [0.25, 0.3) is 0 Å². The summed E-state index contributed by atoms with van der Waals surface area (Å²) in [5, 5.41) is 10.1. The molecule has 1 amide bonds. The number of hydrogen-bond acceptors (Lipinski definition) is 4. The highest BCUT2D eigenvalue weighted by Crippen LogP contribution is 2.31. The number of anilines is 1. The van der Waals surface area contributed by atoms with E-state index in [1.54, 1.807) is 10.9 Å². The second kappa shape index (κ2) is 7.37. The minimum atomic E-state index is -2.96. The first kappa shape index (κ1) is 17.6. The van der Waals surface area contributed by atoms with Crippen LogP contribution in [0.2, 0.25) is 5.02 Å². The molecule has 2 aromatic rings. The number of benzene rings is 1. The molecule has 9 heteroatoms. The van der Waals surface area contributed by atoms with Crippen molar-refractivity contribution in [2.45, 2.75) is 12.5 Å². The Bertz CT molecular complexity index is 768. The number of carbonyl (C=O) groups is 1. The summed E-state index contributed by atoms with van der Waals surface area (Å²) < 4.78 is 30.5. The molecule has 0 saturated carbocycles. The zero-order chi connectivity index (χ0) is 18.0. The van der Waals surface area contributed by atoms with Gasteiger partial charge in [0, 0.05) is 37.9 Å². The lowest BCUT2D eigenvalue weighted by Gasteiger charge is -2.17. The SMILES string of the molecule is Cn1cc([C@H]2CNC[C@@H]2C(=O)Nc2ccc(OC(F)F)c(Cl)c2)cn1. The van der Waals surface area contributed by atoms with E-state index in [9.17, 15) is 13.6 Å². The Kier molecular flexibility index (Phi) is 5.19. The van der Waals surface area contributed by atoms with Crippen LogP contribution in [0.25, 0.3) is 0 Å². The van der Waals surface area contributed by atoms with E-state index in [1.165, 1.54) is 18.2 Å². The number of carbonyl (C=O) groups excluding carboxylic acids is 1. The van der Waals surface area contributed by atoms with Gasteiger partial charge >= 0.3 is 6.61 Å². The third kappa shape index (κ3) is 4.08. The highest BCUT2D eigenvalue weighted by molar-refractivity contribution is 6.32. The third-order valence-electron chi connectivity index (χ3n) is 4.12. The number of nitrogens with one attached hydrogen (secondary N) is 2. The van der Waals surface area contributed by atoms with Gasteiger partial charge in [-0.05, 0) is 23.8 Å². The van der Waals surface area contributed by atoms with Crippen LogP contribution >= 0.6 is 11.6 Å². The molecule has 2 N–H and O–H groups in total. The van der Waals surface area contributed by atoms with Gasteiger partial charge < -0.3 is 15.4 Å². The molecule has 1 aliphatic rings. The zero-order valence-electron chi connectivity index (χ0n) is 13.4. The Hall–Kier alpha value is -2.19. The molecule has 134 valence electrons. The van der Waals surface area contributed by atoms with Crippen molar-refractivity contribution in [3.8, 4) is 5.75 Å². The van der Waals surface area contributed by atoms with Gasteiger partial charge in [0.1, 0.15) is 5.75 Å². The van der Waals surface area contributed by atoms with Crippen LogP contribution in [-0.4, -0.2) is 35.4 Å². The van der Waals surface area contributed by atoms with Crippen molar-refractivity contribution in [3.05, 3.63) is 41.2 Å². The van der Waals surface area contributed by atoms with Gasteiger partial charge in [-0.1, -0.05) is 11.6 Å². The average Bonchev–Trinajstić information content (AvgIpc) is 3.18. The Morgan fingerprint density at radius 1 is 1.48 bits per heavy atom. The Morgan fingerprint density at radius 3 is 2.92 bits per heavy atom. The van der Waals surface area contributed by atoms with Crippen molar-refractivity contribution in [2.75, 3.05) is 18.4 Å². The standard InChI is InChI=1S/C16H17ClF2N4O2/c1-23-8-9(5-21-23)11-6-20-7-12(11)15(24)22-10-2-3-14(13(17)4-10)25-16(18)19/h2-5,8,11-12,16,20H,6-7H2,1H3,(H,22,24)/t11-,12+/m1/s1. The second-order valence-corrected chi connectivity index (χ2v) is 6.24. The highest BCUT2D eigenvalue weighted by atomic mass is 35.5. The molecule has 2 heterocycles. The summed E-state index contributed by atoms with van der Waals surface area (Å²) >= 11 is 5.91. The van der Waals surface area contributed by atoms with Crippen molar-refractivity contribution in [1.82, 2.24) is 15.1 Å². The van der Waals surface area contributed by atoms with E-state index in [0.29, 0.717) is 18.8 Å². The van der Waals surface area contributed by atoms with Gasteiger partial charge in [-0.3, -0.25) is 9.48 Å². The van der Waals surface area contributed by atoms with Crippen LogP contribution < -0.4 is 15.4 Å². The normalized spacial score (nSPS) is 20.0. The lowest BCUT2D eigenvalue weighted by Crippen LogP contribution is -2.28. The van der Waals surface area contributed by atoms with E-state index in [2.05, 4.69) is 20.5 Å². The van der Waals surface area contributed by atoms with Crippen molar-refractivity contribution in [2.24, 2.45) is 13.0 Å². The van der Waals surface area contributed by atoms with Crippen LogP contribution in [-0.2, 0) is 11.8 Å². The highest BCUT2D eigenvalue weighted by Gasteiger charge is 2.34. The first-order valence-corrected chi connectivity index (χ1v) is 8.06. The van der Waals surface area contributed by atoms with E-state index < -0.39 is 6.61 Å². The Morgan fingerprint density at radius 2 is 2.28 bits per heavy atom. The Balaban J connectivity index is 1.70. The fourth-order valence-electron chi connectivity index (χ4n) is 2.94. The lowest BCUT2D eigenvalue weighted by molar-refractivity contribution is -0.119. The quantitative estimate of drug-likeness (QED) is 0.849. The van der Waals surface area contributed by atoms with Crippen LogP contribution in [0.15, 0.2) is 30.6 Å². The van der Waals surface area contributed by atoms with E-state index >= 15 is 0 Å². The van der Waals surface area contributed by atoms with E-state index in [4.69, 9.17) is 11.6 Å². The molecule has 25 heavy (non-hydrogen) atoms. The predicted molar refractivity (Wildman–Crippen MR) is 89.0 cm³/mol. The van der Waals surface area contributed by atoms with E-state index in [0.717, 1.165) is 5.56 Å². The molecule has 0 radical (unpaired) electrons. The van der Waals surface area contributed by atoms with Crippen molar-refractivity contribution >= 4 is 23.2 Å². The van der Waals surface area contributed by atoms with Crippen LogP contribution in [0.3, 0.4) is 0 Å². The molecule has 1 fully saturated rings. The smallest absolute Gasteiger partial charge is 0.387 e. The summed E-state index contributed by atoms with van der Waals surface area (Å²) in [7, 11) is 1.83. The van der Waals surface area contributed by atoms with Crippen LogP contribution in [0.4, 0.5) is 14.5 Å². The second-order valence-electron chi connectivity index (χ2n) is 5.83. The molecule has 1 aliphatic heterocycles. The monoisotopic (exact) mass is 370 g/mol. The summed E-state index contributed by atoms with van der Waals surface area (Å²) in [5.41, 5.74) is 1.42. The summed E-state index contributed by atoms with van der Waals surface area (Å²) in [5.74, 6) is -0.548. The number of amides is 1. The maximum Gasteiger partial charge on any atom is 0.387 e. The molecule has 0 bridgehead atoms. The molecule has 6 nitrogen and oxygen atoms in total. The van der Waals surface area contributed by atoms with Gasteiger partial charge in [0.15, 0.2) is 0 Å². The zero-order valence-corrected chi connectivity index (χ0v) is 14.1. The van der Waals surface area contributed by atoms with Crippen molar-refractivity contribution < 1.29 is 18.3 Å². The van der Waals surface area contributed by atoms with Gasteiger partial charge in [-0.2, -0.15) is 13.9 Å². The molecule has 1 saturated heterocycles. The number of alkyl halides is 2. The molecule has 2 atom stereocenters. The first-order chi connectivity index (χ1) is 11.9. The van der Waals surface area contributed by atoms with Gasteiger partial charge in [-0.25, -0.2) is 0 Å². The Labute approximate surface area is 148 Å². The molecule has 1 aromatic heterocycles. The minimum absolute atomic E-state index is 0.00598. The van der Waals surface area contributed by atoms with E-state index in [1.807, 2.05) is 13.2 Å². The van der Waals surface area contributed by atoms with Gasteiger partial charge in [0.2, 0.25) is 5.91 Å². The van der Waals surface area contributed by atoms with Crippen molar-refractivity contribution in [3.63, 3.8) is 0 Å². The molecule has 3 rings (SSSR count). The summed E-state index contributed by atoms with van der Waals surface area (Å²) in [4.78, 5) is 12.6. The number of hydrogen-bond donors (Lipinski definition) is 2. The number of aromatic nitrogens is 2. The summed E-state index contributed by atoms with van der Waals surface area (Å²) in [6.07, 6.45) is 3.65. The average molecular weight is 371 g/mol. The molecule has 0 aliphatic carbocycles. The largest absolute Gasteiger partial charge is 0.433 e. The molecule has 0 spiro atoms. The van der Waals surface area contributed by atoms with Crippen LogP contribution in [0.5, 0.6) is 5.75 Å². The fraction of sp³-hybridized carbons (Fsp3) is 0.375. The number of rotatable bonds is 5. The van der Waals surface area contributed by atoms with Gasteiger partial charge in [0.05, 0.1) is 17.1 Å². The number of halogens is 3. The maximum absolute atomic E-state index is 12.6. The van der Waals surface area contributed by atoms with Crippen LogP contribution in [0, 0.1) is 5.92 Å². The number of aryl methyl sites for hydroxylation is 1. The number of nitrogens with zero attached hydrogens (tertiary/aromatic N) is 2. The van der Waals surface area contributed by atoms with Crippen molar-refractivity contribution in [1.29, 1.82) is 0 Å². The molecule has 1 aromatic carbocycles. The predicted octanol–water partition coefficient (Wildman–Crippen LogP) is 2.62. The van der Waals surface area contributed by atoms with E-state index in [-0.39, 0.29) is 28.5 Å². The summed E-state index contributed by atoms with van der Waals surface area (Å²) in [6.45, 7) is -1.72. The molecule has 0 unspecified atom stereocenters. The topological polar surface area (TPSA) is 68.2 Å². The maximum atomic E-state index is 12.6. The molecular weight excluding hydrogens is 354 g/mol. The first-order valence-electron chi connectivity index (χ1n) is 7.68. The third-order valence-corrected chi connectivity index (χ3v) is 4.41. The molecular formula is C16H17ClF2N4O2. The fourth-order valence-corrected chi connectivity index (χ4v) is 3.17. The minimum Gasteiger partial charge on any atom is -0.433 e. The van der Waals surface area contributed by atoms with Crippen LogP contribution in [0.1, 0.15) is 11.5 Å². The van der Waals surface area contributed by atoms with Gasteiger partial charge in [-0.15, -0.1) is 0 Å².